The van der Waals surface area contributed by atoms with Gasteiger partial charge in [-0.2, -0.15) is 5.26 Å². The quantitative estimate of drug-likeness (QED) is 0.935. The summed E-state index contributed by atoms with van der Waals surface area (Å²) in [5, 5.41) is 9.51. The molecule has 0 atom stereocenters. The van der Waals surface area contributed by atoms with Crippen LogP contribution >= 0.6 is 0 Å². The fraction of sp³-hybridized carbons (Fsp3) is 0.333. The van der Waals surface area contributed by atoms with Gasteiger partial charge < -0.3 is 15.2 Å². The minimum absolute atomic E-state index is 0.275. The molecule has 0 aliphatic heterocycles. The molecule has 5 heteroatoms. The van der Waals surface area contributed by atoms with Crippen molar-refractivity contribution in [1.82, 2.24) is 4.98 Å². The lowest BCUT2D eigenvalue weighted by atomic mass is 9.81. The van der Waals surface area contributed by atoms with Crippen molar-refractivity contribution < 1.29 is 9.47 Å². The SMILES string of the molecule is COc1cccc(-c2cc(C3CCC3)nc(N)c2C#N)c1OC. The lowest BCUT2D eigenvalue weighted by Crippen LogP contribution is -2.12. The van der Waals surface area contributed by atoms with Crippen LogP contribution in [0.15, 0.2) is 24.3 Å². The molecule has 0 radical (unpaired) electrons. The summed E-state index contributed by atoms with van der Waals surface area (Å²) in [6.45, 7) is 0. The molecular weight excluding hydrogens is 290 g/mol. The summed E-state index contributed by atoms with van der Waals surface area (Å²) < 4.78 is 10.9. The molecular formula is C18H19N3O2. The molecule has 1 fully saturated rings. The topological polar surface area (TPSA) is 81.2 Å². The van der Waals surface area contributed by atoms with Gasteiger partial charge in [-0.05, 0) is 25.0 Å². The number of aromatic nitrogens is 1. The van der Waals surface area contributed by atoms with E-state index in [-0.39, 0.29) is 5.82 Å². The Kier molecular flexibility index (Phi) is 4.07. The van der Waals surface area contributed by atoms with E-state index in [1.807, 2.05) is 24.3 Å². The van der Waals surface area contributed by atoms with Crippen molar-refractivity contribution in [3.63, 3.8) is 0 Å². The van der Waals surface area contributed by atoms with Gasteiger partial charge in [0.25, 0.3) is 0 Å². The predicted molar refractivity (Wildman–Crippen MR) is 88.5 cm³/mol. The Morgan fingerprint density at radius 1 is 1.22 bits per heavy atom. The van der Waals surface area contributed by atoms with E-state index in [1.165, 1.54) is 6.42 Å². The Balaban J connectivity index is 2.22. The van der Waals surface area contributed by atoms with Crippen LogP contribution in [0.1, 0.15) is 36.4 Å². The van der Waals surface area contributed by atoms with Gasteiger partial charge in [0.1, 0.15) is 17.5 Å². The first-order chi connectivity index (χ1) is 11.2. The number of anilines is 1. The van der Waals surface area contributed by atoms with Crippen molar-refractivity contribution in [2.45, 2.75) is 25.2 Å². The van der Waals surface area contributed by atoms with Crippen molar-refractivity contribution in [3.05, 3.63) is 35.5 Å². The largest absolute Gasteiger partial charge is 0.493 e. The van der Waals surface area contributed by atoms with Crippen molar-refractivity contribution in [1.29, 1.82) is 5.26 Å². The van der Waals surface area contributed by atoms with E-state index in [0.29, 0.717) is 23.0 Å². The van der Waals surface area contributed by atoms with E-state index in [4.69, 9.17) is 15.2 Å². The van der Waals surface area contributed by atoms with Gasteiger partial charge in [0.2, 0.25) is 0 Å². The molecule has 1 aliphatic carbocycles. The molecule has 3 rings (SSSR count). The van der Waals surface area contributed by atoms with Crippen molar-refractivity contribution in [3.8, 4) is 28.7 Å². The molecule has 0 amide bonds. The Hall–Kier alpha value is -2.74. The van der Waals surface area contributed by atoms with Gasteiger partial charge in [-0.15, -0.1) is 0 Å². The molecule has 5 nitrogen and oxygen atoms in total. The number of benzene rings is 1. The van der Waals surface area contributed by atoms with Gasteiger partial charge in [0, 0.05) is 22.7 Å². The molecule has 2 N–H and O–H groups in total. The number of hydrogen-bond acceptors (Lipinski definition) is 5. The highest BCUT2D eigenvalue weighted by atomic mass is 16.5. The summed E-state index contributed by atoms with van der Waals surface area (Å²) in [6, 6.07) is 9.74. The van der Waals surface area contributed by atoms with Crippen molar-refractivity contribution >= 4 is 5.82 Å². The average Bonchev–Trinajstić information content (AvgIpc) is 2.51. The zero-order valence-corrected chi connectivity index (χ0v) is 13.3. The number of rotatable bonds is 4. The first kappa shape index (κ1) is 15.2. The van der Waals surface area contributed by atoms with Crippen LogP contribution in [-0.4, -0.2) is 19.2 Å². The number of ether oxygens (including phenoxy) is 2. The van der Waals surface area contributed by atoms with Crippen LogP contribution < -0.4 is 15.2 Å². The lowest BCUT2D eigenvalue weighted by Gasteiger charge is -2.26. The number of nitriles is 1. The first-order valence-electron chi connectivity index (χ1n) is 7.61. The number of hydrogen-bond donors (Lipinski definition) is 1. The number of para-hydroxylation sites is 1. The van der Waals surface area contributed by atoms with E-state index < -0.39 is 0 Å². The van der Waals surface area contributed by atoms with Gasteiger partial charge in [0.05, 0.1) is 14.2 Å². The van der Waals surface area contributed by atoms with Crippen LogP contribution in [0.4, 0.5) is 5.82 Å². The summed E-state index contributed by atoms with van der Waals surface area (Å²) in [7, 11) is 3.18. The molecule has 0 unspecified atom stereocenters. The zero-order chi connectivity index (χ0) is 16.4. The summed E-state index contributed by atoms with van der Waals surface area (Å²) in [5.74, 6) is 1.92. The number of nitrogens with zero attached hydrogens (tertiary/aromatic N) is 2. The second kappa shape index (κ2) is 6.17. The second-order valence-electron chi connectivity index (χ2n) is 5.64. The molecule has 1 saturated carbocycles. The van der Waals surface area contributed by atoms with Gasteiger partial charge in [-0.3, -0.25) is 0 Å². The van der Waals surface area contributed by atoms with Crippen LogP contribution in [0, 0.1) is 11.3 Å². The van der Waals surface area contributed by atoms with E-state index >= 15 is 0 Å². The van der Waals surface area contributed by atoms with Crippen LogP contribution in [0.3, 0.4) is 0 Å². The number of nitrogens with two attached hydrogens (primary N) is 1. The molecule has 23 heavy (non-hydrogen) atoms. The average molecular weight is 309 g/mol. The maximum absolute atomic E-state index is 9.51. The van der Waals surface area contributed by atoms with Crippen molar-refractivity contribution in [2.24, 2.45) is 0 Å². The third-order valence-electron chi connectivity index (χ3n) is 4.40. The zero-order valence-electron chi connectivity index (χ0n) is 13.3. The Morgan fingerprint density at radius 3 is 2.57 bits per heavy atom. The monoisotopic (exact) mass is 309 g/mol. The Bertz CT molecular complexity index is 777. The predicted octanol–water partition coefficient (Wildman–Crippen LogP) is 3.49. The molecule has 0 bridgehead atoms. The molecule has 0 saturated heterocycles. The highest BCUT2D eigenvalue weighted by Gasteiger charge is 2.25. The molecule has 2 aromatic rings. The first-order valence-corrected chi connectivity index (χ1v) is 7.61. The summed E-state index contributed by atoms with van der Waals surface area (Å²) in [4.78, 5) is 4.43. The van der Waals surface area contributed by atoms with Gasteiger partial charge in [-0.1, -0.05) is 18.6 Å². The molecule has 118 valence electrons. The van der Waals surface area contributed by atoms with Crippen LogP contribution in [0.2, 0.25) is 0 Å². The standard InChI is InChI=1S/C18H19N3O2/c1-22-16-8-4-7-12(17(16)23-2)13-9-15(11-5-3-6-11)21-18(20)14(13)10-19/h4,7-9,11H,3,5-6H2,1-2H3,(H2,20,21). The lowest BCUT2D eigenvalue weighted by molar-refractivity contribution is 0.356. The van der Waals surface area contributed by atoms with Crippen molar-refractivity contribution in [2.75, 3.05) is 20.0 Å². The maximum atomic E-state index is 9.51. The molecule has 1 heterocycles. The summed E-state index contributed by atoms with van der Waals surface area (Å²) in [6.07, 6.45) is 3.45. The normalized spacial score (nSPS) is 14.0. The minimum Gasteiger partial charge on any atom is -0.493 e. The Morgan fingerprint density at radius 2 is 2.00 bits per heavy atom. The van der Waals surface area contributed by atoms with Crippen LogP contribution in [0.5, 0.6) is 11.5 Å². The molecule has 1 aliphatic rings. The smallest absolute Gasteiger partial charge is 0.168 e. The summed E-state index contributed by atoms with van der Waals surface area (Å²) in [5.41, 5.74) is 8.91. The fourth-order valence-electron chi connectivity index (χ4n) is 2.93. The van der Waals surface area contributed by atoms with E-state index in [0.717, 1.165) is 29.7 Å². The molecule has 1 aromatic carbocycles. The van der Waals surface area contributed by atoms with Gasteiger partial charge >= 0.3 is 0 Å². The number of methoxy groups -OCH3 is 2. The number of pyridine rings is 1. The highest BCUT2D eigenvalue weighted by molar-refractivity contribution is 5.81. The Labute approximate surface area is 135 Å². The molecule has 0 spiro atoms. The molecule has 1 aromatic heterocycles. The van der Waals surface area contributed by atoms with Gasteiger partial charge in [-0.25, -0.2) is 4.98 Å². The van der Waals surface area contributed by atoms with E-state index in [9.17, 15) is 5.26 Å². The maximum Gasteiger partial charge on any atom is 0.168 e. The van der Waals surface area contributed by atoms with Crippen LogP contribution in [-0.2, 0) is 0 Å². The van der Waals surface area contributed by atoms with E-state index in [2.05, 4.69) is 11.1 Å². The third-order valence-corrected chi connectivity index (χ3v) is 4.40. The third kappa shape index (κ3) is 2.57. The number of nitrogen functional groups attached to an aromatic ring is 1. The second-order valence-corrected chi connectivity index (χ2v) is 5.64. The minimum atomic E-state index is 0.275. The van der Waals surface area contributed by atoms with E-state index in [1.54, 1.807) is 14.2 Å². The summed E-state index contributed by atoms with van der Waals surface area (Å²) >= 11 is 0. The fourth-order valence-corrected chi connectivity index (χ4v) is 2.93. The van der Waals surface area contributed by atoms with Gasteiger partial charge in [0.15, 0.2) is 11.5 Å². The highest BCUT2D eigenvalue weighted by Crippen LogP contribution is 2.43. The van der Waals surface area contributed by atoms with Crippen LogP contribution in [0.25, 0.3) is 11.1 Å².